The van der Waals surface area contributed by atoms with Crippen LogP contribution < -0.4 is 0 Å². The van der Waals surface area contributed by atoms with E-state index in [4.69, 9.17) is 9.29 Å². The summed E-state index contributed by atoms with van der Waals surface area (Å²) >= 11 is -1.88. The predicted octanol–water partition coefficient (Wildman–Crippen LogP) is 1.47. The number of carbonyl (C=O) groups is 1. The quantitative estimate of drug-likeness (QED) is 0.752. The van der Waals surface area contributed by atoms with E-state index in [0.717, 1.165) is 0 Å². The van der Waals surface area contributed by atoms with E-state index < -0.39 is 22.8 Å². The maximum Gasteiger partial charge on any atom is 0.410 e. The number of carbonyl (C=O) groups excluding carboxylic acids is 1. The van der Waals surface area contributed by atoms with Crippen LogP contribution in [0.2, 0.25) is 0 Å². The Kier molecular flexibility index (Phi) is 5.82. The Balaban J connectivity index is 4.16. The molecule has 1 unspecified atom stereocenters. The summed E-state index contributed by atoms with van der Waals surface area (Å²) in [6, 6.07) is 0. The molecule has 15 heavy (non-hydrogen) atoms. The van der Waals surface area contributed by atoms with Gasteiger partial charge >= 0.3 is 6.09 Å². The second-order valence-electron chi connectivity index (χ2n) is 4.09. The summed E-state index contributed by atoms with van der Waals surface area (Å²) in [5.74, 6) is 0.0487. The van der Waals surface area contributed by atoms with Crippen LogP contribution in [0.5, 0.6) is 0 Å². The first-order valence-corrected chi connectivity index (χ1v) is 6.09. The number of amides is 1. The Morgan fingerprint density at radius 2 is 2.00 bits per heavy atom. The largest absolute Gasteiger partial charge is 0.444 e. The monoisotopic (exact) mass is 237 g/mol. The zero-order valence-electron chi connectivity index (χ0n) is 9.65. The smallest absolute Gasteiger partial charge is 0.410 e. The molecular weight excluding hydrogens is 218 g/mol. The van der Waals surface area contributed by atoms with E-state index in [1.54, 1.807) is 27.7 Å². The van der Waals surface area contributed by atoms with Crippen LogP contribution in [0.3, 0.4) is 0 Å². The molecule has 1 amide bonds. The van der Waals surface area contributed by atoms with Gasteiger partial charge in [-0.2, -0.15) is 0 Å². The zero-order valence-corrected chi connectivity index (χ0v) is 10.5. The van der Waals surface area contributed by atoms with Gasteiger partial charge in [-0.15, -0.1) is 0 Å². The second kappa shape index (κ2) is 6.07. The van der Waals surface area contributed by atoms with Gasteiger partial charge in [0.05, 0.1) is 5.75 Å². The third-order valence-electron chi connectivity index (χ3n) is 1.57. The lowest BCUT2D eigenvalue weighted by Crippen LogP contribution is -2.38. The fraction of sp³-hybridized carbons (Fsp3) is 0.889. The topological polar surface area (TPSA) is 66.8 Å². The third kappa shape index (κ3) is 7.33. The van der Waals surface area contributed by atoms with Crippen LogP contribution >= 0.6 is 0 Å². The van der Waals surface area contributed by atoms with Gasteiger partial charge in [0, 0.05) is 13.1 Å². The predicted molar refractivity (Wildman–Crippen MR) is 59.1 cm³/mol. The minimum Gasteiger partial charge on any atom is -0.444 e. The van der Waals surface area contributed by atoms with Crippen molar-refractivity contribution in [2.24, 2.45) is 0 Å². The zero-order chi connectivity index (χ0) is 12.1. The number of hydrogen-bond donors (Lipinski definition) is 1. The van der Waals surface area contributed by atoms with Crippen LogP contribution in [0.4, 0.5) is 4.79 Å². The molecule has 0 aromatic heterocycles. The summed E-state index contributed by atoms with van der Waals surface area (Å²) in [5, 5.41) is 0. The average Bonchev–Trinajstić information content (AvgIpc) is 2.01. The van der Waals surface area contributed by atoms with E-state index in [1.807, 2.05) is 0 Å². The molecule has 1 atom stereocenters. The van der Waals surface area contributed by atoms with Crippen LogP contribution in [0.25, 0.3) is 0 Å². The van der Waals surface area contributed by atoms with Crippen molar-refractivity contribution in [3.05, 3.63) is 0 Å². The molecule has 0 bridgehead atoms. The highest BCUT2D eigenvalue weighted by Crippen LogP contribution is 2.09. The summed E-state index contributed by atoms with van der Waals surface area (Å²) in [5.41, 5.74) is -0.539. The minimum absolute atomic E-state index is 0.0487. The molecule has 0 spiro atoms. The van der Waals surface area contributed by atoms with Gasteiger partial charge in [-0.1, -0.05) is 0 Å². The molecule has 0 heterocycles. The second-order valence-corrected chi connectivity index (χ2v) is 5.14. The lowest BCUT2D eigenvalue weighted by atomic mass is 10.2. The fourth-order valence-corrected chi connectivity index (χ4v) is 1.27. The summed E-state index contributed by atoms with van der Waals surface area (Å²) in [4.78, 5) is 12.9. The van der Waals surface area contributed by atoms with Crippen molar-refractivity contribution in [2.45, 2.75) is 33.3 Å². The molecule has 0 saturated carbocycles. The molecule has 5 nitrogen and oxygen atoms in total. The van der Waals surface area contributed by atoms with Crippen LogP contribution in [-0.2, 0) is 15.8 Å². The molecule has 90 valence electrons. The van der Waals surface area contributed by atoms with Gasteiger partial charge in [-0.25, -0.2) is 9.00 Å². The molecule has 6 heteroatoms. The van der Waals surface area contributed by atoms with Crippen molar-refractivity contribution in [1.82, 2.24) is 4.90 Å². The molecule has 0 aromatic carbocycles. The number of rotatable bonds is 4. The average molecular weight is 237 g/mol. The van der Waals surface area contributed by atoms with Gasteiger partial charge in [0.1, 0.15) is 5.60 Å². The lowest BCUT2D eigenvalue weighted by Gasteiger charge is -2.26. The Hall–Kier alpha value is -0.620. The Bertz CT molecular complexity index is 237. The van der Waals surface area contributed by atoms with Crippen molar-refractivity contribution in [3.63, 3.8) is 0 Å². The molecule has 0 fully saturated rings. The first-order chi connectivity index (χ1) is 6.76. The van der Waals surface area contributed by atoms with Crippen LogP contribution in [0, 0.1) is 0 Å². The highest BCUT2D eigenvalue weighted by molar-refractivity contribution is 7.79. The van der Waals surface area contributed by atoms with Gasteiger partial charge in [0.25, 0.3) is 0 Å². The molecule has 0 aromatic rings. The highest BCUT2D eigenvalue weighted by Gasteiger charge is 2.20. The third-order valence-corrected chi connectivity index (χ3v) is 2.10. The number of hydrogen-bond acceptors (Lipinski definition) is 3. The summed E-state index contributed by atoms with van der Waals surface area (Å²) < 4.78 is 24.2. The molecule has 0 aliphatic heterocycles. The van der Waals surface area contributed by atoms with Crippen molar-refractivity contribution >= 4 is 17.2 Å². The standard InChI is InChI=1S/C9H19NO4S/c1-5-10(6-7-15(12)13)8(11)14-9(2,3)4/h5-7H2,1-4H3,(H,12,13). The molecule has 0 saturated heterocycles. The van der Waals surface area contributed by atoms with Crippen molar-refractivity contribution in [2.75, 3.05) is 18.8 Å². The van der Waals surface area contributed by atoms with E-state index in [-0.39, 0.29) is 12.3 Å². The summed E-state index contributed by atoms with van der Waals surface area (Å²) in [7, 11) is 0. The Labute approximate surface area is 93.1 Å². The van der Waals surface area contributed by atoms with Gasteiger partial charge in [-0.3, -0.25) is 0 Å². The summed E-state index contributed by atoms with van der Waals surface area (Å²) in [6.07, 6.45) is -0.449. The first kappa shape index (κ1) is 14.4. The van der Waals surface area contributed by atoms with E-state index in [9.17, 15) is 9.00 Å². The fourth-order valence-electron chi connectivity index (χ4n) is 0.893. The van der Waals surface area contributed by atoms with Crippen LogP contribution in [0.15, 0.2) is 0 Å². The van der Waals surface area contributed by atoms with Crippen molar-refractivity contribution < 1.29 is 18.3 Å². The molecule has 0 aliphatic rings. The van der Waals surface area contributed by atoms with E-state index in [2.05, 4.69) is 0 Å². The van der Waals surface area contributed by atoms with Gasteiger partial charge < -0.3 is 14.2 Å². The van der Waals surface area contributed by atoms with Gasteiger partial charge in [-0.05, 0) is 27.7 Å². The van der Waals surface area contributed by atoms with E-state index in [1.165, 1.54) is 4.90 Å². The maximum absolute atomic E-state index is 11.5. The molecule has 0 rings (SSSR count). The number of ether oxygens (including phenoxy) is 1. The highest BCUT2D eigenvalue weighted by atomic mass is 32.2. The SMILES string of the molecule is CCN(CCS(=O)O)C(=O)OC(C)(C)C. The van der Waals surface area contributed by atoms with Crippen molar-refractivity contribution in [3.8, 4) is 0 Å². The maximum atomic E-state index is 11.5. The molecule has 0 radical (unpaired) electrons. The first-order valence-electron chi connectivity index (χ1n) is 4.81. The molecule has 0 aliphatic carbocycles. The Morgan fingerprint density at radius 1 is 1.47 bits per heavy atom. The normalized spacial score (nSPS) is 13.4. The summed E-state index contributed by atoms with van der Waals surface area (Å²) in [6.45, 7) is 7.83. The molecule has 1 N–H and O–H groups in total. The van der Waals surface area contributed by atoms with E-state index in [0.29, 0.717) is 6.54 Å². The number of nitrogens with zero attached hydrogens (tertiary/aromatic N) is 1. The Morgan fingerprint density at radius 3 is 2.33 bits per heavy atom. The van der Waals surface area contributed by atoms with Gasteiger partial charge in [0.2, 0.25) is 0 Å². The van der Waals surface area contributed by atoms with Crippen LogP contribution in [0.1, 0.15) is 27.7 Å². The lowest BCUT2D eigenvalue weighted by molar-refractivity contribution is 0.0272. The minimum atomic E-state index is -1.88. The van der Waals surface area contributed by atoms with Crippen molar-refractivity contribution in [1.29, 1.82) is 0 Å². The van der Waals surface area contributed by atoms with Gasteiger partial charge in [0.15, 0.2) is 11.1 Å². The van der Waals surface area contributed by atoms with E-state index >= 15 is 0 Å². The molecular formula is C9H19NO4S. The van der Waals surface area contributed by atoms with Crippen LogP contribution in [-0.4, -0.2) is 44.2 Å².